The first-order valence-corrected chi connectivity index (χ1v) is 8.57. The van der Waals surface area contributed by atoms with Crippen molar-refractivity contribution in [3.63, 3.8) is 0 Å². The topological polar surface area (TPSA) is 71.2 Å². The number of anilines is 3. The number of amides is 1. The minimum atomic E-state index is -0.270. The maximum atomic E-state index is 12.4. The van der Waals surface area contributed by atoms with E-state index in [-0.39, 0.29) is 11.7 Å². The van der Waals surface area contributed by atoms with Crippen molar-refractivity contribution in [2.45, 2.75) is 6.92 Å². The molecule has 2 rings (SSSR count). The SMILES string of the molecule is CCN(C)c1nc(N)c(C(=O)Nc2c(Br)cccc2Br)s1. The number of nitrogens with two attached hydrogens (primary N) is 1. The van der Waals surface area contributed by atoms with E-state index in [2.05, 4.69) is 42.2 Å². The van der Waals surface area contributed by atoms with E-state index < -0.39 is 0 Å². The third-order valence-corrected chi connectivity index (χ3v) is 5.36. The van der Waals surface area contributed by atoms with E-state index in [1.807, 2.05) is 37.1 Å². The summed E-state index contributed by atoms with van der Waals surface area (Å²) >= 11 is 8.10. The quantitative estimate of drug-likeness (QED) is 0.765. The van der Waals surface area contributed by atoms with Gasteiger partial charge in [-0.05, 0) is 50.9 Å². The number of benzene rings is 1. The second-order valence-electron chi connectivity index (χ2n) is 4.28. The van der Waals surface area contributed by atoms with Gasteiger partial charge in [-0.2, -0.15) is 0 Å². The van der Waals surface area contributed by atoms with Crippen molar-refractivity contribution in [3.05, 3.63) is 32.0 Å². The number of carbonyl (C=O) groups is 1. The third-order valence-electron chi connectivity index (χ3n) is 2.85. The lowest BCUT2D eigenvalue weighted by atomic mass is 10.3. The predicted octanol–water partition coefficient (Wildman–Crippen LogP) is 3.96. The molecular formula is C13H14Br2N4OS. The van der Waals surface area contributed by atoms with E-state index in [0.717, 1.165) is 20.6 Å². The van der Waals surface area contributed by atoms with Crippen molar-refractivity contribution < 1.29 is 4.79 Å². The first-order chi connectivity index (χ1) is 9.93. The number of hydrogen-bond donors (Lipinski definition) is 2. The van der Waals surface area contributed by atoms with E-state index >= 15 is 0 Å². The molecule has 0 fully saturated rings. The lowest BCUT2D eigenvalue weighted by molar-refractivity contribution is 0.103. The molecule has 1 amide bonds. The van der Waals surface area contributed by atoms with Gasteiger partial charge in [0.25, 0.3) is 5.91 Å². The molecule has 2 aromatic rings. The van der Waals surface area contributed by atoms with Gasteiger partial charge in [-0.25, -0.2) is 4.98 Å². The van der Waals surface area contributed by atoms with Gasteiger partial charge in [0.1, 0.15) is 10.7 Å². The summed E-state index contributed by atoms with van der Waals surface area (Å²) in [4.78, 5) is 19.0. The summed E-state index contributed by atoms with van der Waals surface area (Å²) < 4.78 is 1.58. The van der Waals surface area contributed by atoms with E-state index in [1.165, 1.54) is 11.3 Å². The Morgan fingerprint density at radius 2 is 2.05 bits per heavy atom. The average molecular weight is 434 g/mol. The molecule has 1 aromatic heterocycles. The third kappa shape index (κ3) is 3.56. The van der Waals surface area contributed by atoms with Crippen LogP contribution in [0.3, 0.4) is 0 Å². The minimum Gasteiger partial charge on any atom is -0.382 e. The molecule has 0 atom stereocenters. The van der Waals surface area contributed by atoms with Crippen molar-refractivity contribution in [1.29, 1.82) is 0 Å². The maximum absolute atomic E-state index is 12.4. The molecule has 0 aliphatic carbocycles. The Morgan fingerprint density at radius 1 is 1.43 bits per heavy atom. The highest BCUT2D eigenvalue weighted by atomic mass is 79.9. The van der Waals surface area contributed by atoms with E-state index in [9.17, 15) is 4.79 Å². The van der Waals surface area contributed by atoms with Crippen LogP contribution in [-0.2, 0) is 0 Å². The Balaban J connectivity index is 2.27. The fourth-order valence-corrected chi connectivity index (χ4v) is 3.67. The fourth-order valence-electron chi connectivity index (χ4n) is 1.57. The lowest BCUT2D eigenvalue weighted by Crippen LogP contribution is -2.15. The Bertz CT molecular complexity index is 654. The number of thiazole rings is 1. The molecule has 0 bridgehead atoms. The highest BCUT2D eigenvalue weighted by molar-refractivity contribution is 9.11. The largest absolute Gasteiger partial charge is 0.382 e. The highest BCUT2D eigenvalue weighted by Gasteiger charge is 2.19. The van der Waals surface area contributed by atoms with Crippen LogP contribution in [0.4, 0.5) is 16.6 Å². The van der Waals surface area contributed by atoms with Crippen LogP contribution in [0, 0.1) is 0 Å². The number of para-hydroxylation sites is 1. The lowest BCUT2D eigenvalue weighted by Gasteiger charge is -2.11. The molecule has 0 spiro atoms. The second-order valence-corrected chi connectivity index (χ2v) is 6.96. The van der Waals surface area contributed by atoms with Crippen LogP contribution < -0.4 is 16.0 Å². The summed E-state index contributed by atoms with van der Waals surface area (Å²) in [6.45, 7) is 2.80. The van der Waals surface area contributed by atoms with E-state index in [1.54, 1.807) is 0 Å². The normalized spacial score (nSPS) is 10.5. The van der Waals surface area contributed by atoms with Gasteiger partial charge in [-0.3, -0.25) is 4.79 Å². The highest BCUT2D eigenvalue weighted by Crippen LogP contribution is 2.33. The number of halogens is 2. The van der Waals surface area contributed by atoms with Crippen LogP contribution in [0.5, 0.6) is 0 Å². The number of nitrogens with zero attached hydrogens (tertiary/aromatic N) is 2. The molecule has 0 aliphatic rings. The Hall–Kier alpha value is -1.12. The molecular weight excluding hydrogens is 420 g/mol. The number of aromatic nitrogens is 1. The first kappa shape index (κ1) is 16.3. The van der Waals surface area contributed by atoms with Crippen LogP contribution in [0.2, 0.25) is 0 Å². The summed E-state index contributed by atoms with van der Waals surface area (Å²) in [6, 6.07) is 5.58. The number of nitrogens with one attached hydrogen (secondary N) is 1. The first-order valence-electron chi connectivity index (χ1n) is 6.16. The smallest absolute Gasteiger partial charge is 0.269 e. The van der Waals surface area contributed by atoms with Crippen molar-refractivity contribution in [2.24, 2.45) is 0 Å². The van der Waals surface area contributed by atoms with E-state index in [4.69, 9.17) is 5.73 Å². The van der Waals surface area contributed by atoms with E-state index in [0.29, 0.717) is 10.6 Å². The van der Waals surface area contributed by atoms with Gasteiger partial charge < -0.3 is 16.0 Å². The molecule has 21 heavy (non-hydrogen) atoms. The number of carbonyl (C=O) groups excluding carboxylic acids is 1. The molecule has 0 saturated heterocycles. The molecule has 0 aliphatic heterocycles. The summed E-state index contributed by atoms with van der Waals surface area (Å²) in [5.41, 5.74) is 6.52. The zero-order valence-corrected chi connectivity index (χ0v) is 15.5. The molecule has 0 saturated carbocycles. The van der Waals surface area contributed by atoms with Crippen LogP contribution >= 0.6 is 43.2 Å². The monoisotopic (exact) mass is 432 g/mol. The van der Waals surface area contributed by atoms with Crippen molar-refractivity contribution in [1.82, 2.24) is 4.98 Å². The van der Waals surface area contributed by atoms with Crippen LogP contribution in [0.1, 0.15) is 16.6 Å². The molecule has 0 radical (unpaired) electrons. The predicted molar refractivity (Wildman–Crippen MR) is 95.3 cm³/mol. The molecule has 5 nitrogen and oxygen atoms in total. The van der Waals surface area contributed by atoms with Gasteiger partial charge in [-0.15, -0.1) is 0 Å². The van der Waals surface area contributed by atoms with Gasteiger partial charge in [0, 0.05) is 22.5 Å². The minimum absolute atomic E-state index is 0.246. The Kier molecular flexibility index (Phi) is 5.23. The summed E-state index contributed by atoms with van der Waals surface area (Å²) in [5, 5.41) is 3.57. The standard InChI is InChI=1S/C13H14Br2N4OS/c1-3-19(2)13-18-11(16)10(21-13)12(20)17-9-7(14)5-4-6-8(9)15/h4-6H,3,16H2,1-2H3,(H,17,20). The molecule has 1 aromatic carbocycles. The second kappa shape index (κ2) is 6.76. The maximum Gasteiger partial charge on any atom is 0.269 e. The summed E-state index contributed by atoms with van der Waals surface area (Å²) in [6.07, 6.45) is 0. The fraction of sp³-hybridized carbons (Fsp3) is 0.231. The number of nitrogen functional groups attached to an aromatic ring is 1. The number of rotatable bonds is 4. The summed E-state index contributed by atoms with van der Waals surface area (Å²) in [5.74, 6) is -0.0238. The Morgan fingerprint density at radius 3 is 2.62 bits per heavy atom. The van der Waals surface area contributed by atoms with Crippen LogP contribution in [0.25, 0.3) is 0 Å². The van der Waals surface area contributed by atoms with Crippen molar-refractivity contribution in [2.75, 3.05) is 29.5 Å². The van der Waals surface area contributed by atoms with Gasteiger partial charge >= 0.3 is 0 Å². The van der Waals surface area contributed by atoms with Gasteiger partial charge in [-0.1, -0.05) is 17.4 Å². The molecule has 3 N–H and O–H groups in total. The van der Waals surface area contributed by atoms with Crippen molar-refractivity contribution >= 4 is 65.7 Å². The summed E-state index contributed by atoms with van der Waals surface area (Å²) in [7, 11) is 1.91. The molecule has 1 heterocycles. The van der Waals surface area contributed by atoms with Gasteiger partial charge in [0.15, 0.2) is 5.13 Å². The van der Waals surface area contributed by atoms with Gasteiger partial charge in [0.05, 0.1) is 5.69 Å². The van der Waals surface area contributed by atoms with Crippen LogP contribution in [0.15, 0.2) is 27.1 Å². The zero-order valence-electron chi connectivity index (χ0n) is 11.5. The number of hydrogen-bond acceptors (Lipinski definition) is 5. The molecule has 112 valence electrons. The van der Waals surface area contributed by atoms with Crippen LogP contribution in [-0.4, -0.2) is 24.5 Å². The Labute approximate surface area is 143 Å². The van der Waals surface area contributed by atoms with Gasteiger partial charge in [0.2, 0.25) is 0 Å². The average Bonchev–Trinajstić information content (AvgIpc) is 2.84. The molecule has 8 heteroatoms. The van der Waals surface area contributed by atoms with Crippen molar-refractivity contribution in [3.8, 4) is 0 Å². The zero-order chi connectivity index (χ0) is 15.6. The molecule has 0 unspecified atom stereocenters.